The van der Waals surface area contributed by atoms with E-state index in [0.29, 0.717) is 0 Å². The molecule has 2 N–H and O–H groups in total. The highest BCUT2D eigenvalue weighted by Gasteiger charge is 2.22. The van der Waals surface area contributed by atoms with Crippen LogP contribution < -0.4 is 5.32 Å². The van der Waals surface area contributed by atoms with E-state index in [-0.39, 0.29) is 12.1 Å². The number of hydrogen-bond acceptors (Lipinski definition) is 3. The minimum absolute atomic E-state index is 0.184. The van der Waals surface area contributed by atoms with Crippen LogP contribution in [0.4, 0.5) is 0 Å². The third-order valence-electron chi connectivity index (χ3n) is 4.97. The van der Waals surface area contributed by atoms with Crippen LogP contribution in [0.3, 0.4) is 0 Å². The molecule has 0 saturated carbocycles. The number of fused-ring (bicyclic) bond motifs is 1. The van der Waals surface area contributed by atoms with E-state index >= 15 is 0 Å². The van der Waals surface area contributed by atoms with E-state index in [1.54, 1.807) is 12.3 Å². The van der Waals surface area contributed by atoms with Gasteiger partial charge in [0.1, 0.15) is 11.7 Å². The number of amides is 1. The van der Waals surface area contributed by atoms with Crippen LogP contribution in [0.5, 0.6) is 0 Å². The Balaban J connectivity index is 1.48. The fourth-order valence-corrected chi connectivity index (χ4v) is 3.34. The van der Waals surface area contributed by atoms with Crippen molar-refractivity contribution in [2.45, 2.75) is 12.5 Å². The number of hydrogen-bond donors (Lipinski definition) is 2. The zero-order valence-electron chi connectivity index (χ0n) is 16.2. The van der Waals surface area contributed by atoms with E-state index in [2.05, 4.69) is 10.3 Å². The lowest BCUT2D eigenvalue weighted by Crippen LogP contribution is -2.42. The van der Waals surface area contributed by atoms with E-state index in [4.69, 9.17) is 0 Å². The monoisotopic (exact) mass is 396 g/mol. The second kappa shape index (κ2) is 8.57. The minimum Gasteiger partial charge on any atom is -0.480 e. The van der Waals surface area contributed by atoms with Crippen LogP contribution in [0.15, 0.2) is 91.1 Å². The molecular weight excluding hydrogens is 376 g/mol. The molecular formula is C25H20N2O3. The highest BCUT2D eigenvalue weighted by molar-refractivity contribution is 5.98. The normalized spacial score (nSPS) is 11.7. The van der Waals surface area contributed by atoms with E-state index in [0.717, 1.165) is 27.5 Å². The lowest BCUT2D eigenvalue weighted by Gasteiger charge is -2.15. The van der Waals surface area contributed by atoms with Crippen molar-refractivity contribution in [1.82, 2.24) is 10.3 Å². The molecule has 1 unspecified atom stereocenters. The summed E-state index contributed by atoms with van der Waals surface area (Å²) in [6.07, 6.45) is 1.80. The molecule has 0 aliphatic heterocycles. The van der Waals surface area contributed by atoms with Crippen LogP contribution in [0.1, 0.15) is 16.1 Å². The highest BCUT2D eigenvalue weighted by atomic mass is 16.4. The molecule has 5 nitrogen and oxygen atoms in total. The van der Waals surface area contributed by atoms with Crippen LogP contribution in [0.25, 0.3) is 21.9 Å². The minimum atomic E-state index is -1.09. The van der Waals surface area contributed by atoms with E-state index < -0.39 is 17.9 Å². The Morgan fingerprint density at radius 3 is 2.17 bits per heavy atom. The largest absolute Gasteiger partial charge is 0.480 e. The first-order valence-corrected chi connectivity index (χ1v) is 9.63. The molecule has 1 atom stereocenters. The topological polar surface area (TPSA) is 79.3 Å². The molecule has 148 valence electrons. The van der Waals surface area contributed by atoms with Gasteiger partial charge in [0.2, 0.25) is 0 Å². The lowest BCUT2D eigenvalue weighted by molar-refractivity contribution is -0.139. The van der Waals surface area contributed by atoms with Crippen LogP contribution >= 0.6 is 0 Å². The molecule has 1 amide bonds. The quantitative estimate of drug-likeness (QED) is 0.508. The molecule has 0 bridgehead atoms. The number of benzene rings is 3. The lowest BCUT2D eigenvalue weighted by atomic mass is 10.0. The van der Waals surface area contributed by atoms with Crippen molar-refractivity contribution < 1.29 is 14.7 Å². The molecule has 3 aromatic carbocycles. The van der Waals surface area contributed by atoms with Crippen LogP contribution in [-0.2, 0) is 11.2 Å². The van der Waals surface area contributed by atoms with Gasteiger partial charge in [0.15, 0.2) is 0 Å². The van der Waals surface area contributed by atoms with Crippen molar-refractivity contribution >= 4 is 22.6 Å². The summed E-state index contributed by atoms with van der Waals surface area (Å²) < 4.78 is 0. The number of rotatable bonds is 6. The molecule has 30 heavy (non-hydrogen) atoms. The van der Waals surface area contributed by atoms with E-state index in [1.807, 2.05) is 78.9 Å². The van der Waals surface area contributed by atoms with Gasteiger partial charge in [0, 0.05) is 18.0 Å². The summed E-state index contributed by atoms with van der Waals surface area (Å²) in [6, 6.07) is 25.8. The standard InChI is InChI=1S/C25H20N2O3/c28-24(22-15-20-8-4-5-9-21(20)16-26-22)27-23(25(29)30)14-17-10-12-19(13-11-17)18-6-2-1-3-7-18/h1-13,15-16,23H,14H2,(H,27,28)(H,29,30). The summed E-state index contributed by atoms with van der Waals surface area (Å²) in [5.74, 6) is -1.59. The fraction of sp³-hybridized carbons (Fsp3) is 0.0800. The maximum atomic E-state index is 12.6. The summed E-state index contributed by atoms with van der Waals surface area (Å²) in [5.41, 5.74) is 3.17. The number of nitrogens with one attached hydrogen (secondary N) is 1. The summed E-state index contributed by atoms with van der Waals surface area (Å²) in [6.45, 7) is 0. The van der Waals surface area contributed by atoms with Crippen LogP contribution in [0.2, 0.25) is 0 Å². The molecule has 0 fully saturated rings. The number of aliphatic carboxylic acids is 1. The zero-order valence-corrected chi connectivity index (χ0v) is 16.2. The van der Waals surface area contributed by atoms with E-state index in [9.17, 15) is 14.7 Å². The predicted molar refractivity (Wildman–Crippen MR) is 116 cm³/mol. The van der Waals surface area contributed by atoms with Gasteiger partial charge in [-0.05, 0) is 28.1 Å². The fourth-order valence-electron chi connectivity index (χ4n) is 3.34. The second-order valence-corrected chi connectivity index (χ2v) is 7.05. The number of carbonyl (C=O) groups is 2. The molecule has 5 heteroatoms. The number of aromatic nitrogens is 1. The number of pyridine rings is 1. The molecule has 1 heterocycles. The van der Waals surface area contributed by atoms with Gasteiger partial charge in [-0.25, -0.2) is 4.79 Å². The highest BCUT2D eigenvalue weighted by Crippen LogP contribution is 2.20. The molecule has 4 aromatic rings. The Morgan fingerprint density at radius 2 is 1.47 bits per heavy atom. The summed E-state index contributed by atoms with van der Waals surface area (Å²) >= 11 is 0. The third kappa shape index (κ3) is 4.36. The van der Waals surface area contributed by atoms with Crippen LogP contribution in [-0.4, -0.2) is 28.0 Å². The Labute approximate surface area is 174 Å². The maximum Gasteiger partial charge on any atom is 0.326 e. The number of nitrogens with zero attached hydrogens (tertiary/aromatic N) is 1. The van der Waals surface area contributed by atoms with Gasteiger partial charge in [0.25, 0.3) is 5.91 Å². The van der Waals surface area contributed by atoms with Crippen molar-refractivity contribution in [3.63, 3.8) is 0 Å². The van der Waals surface area contributed by atoms with Crippen molar-refractivity contribution in [2.24, 2.45) is 0 Å². The first-order chi connectivity index (χ1) is 14.6. The Morgan fingerprint density at radius 1 is 0.833 bits per heavy atom. The summed E-state index contributed by atoms with van der Waals surface area (Å²) in [4.78, 5) is 28.5. The molecule has 1 aromatic heterocycles. The van der Waals surface area contributed by atoms with Crippen LogP contribution in [0, 0.1) is 0 Å². The van der Waals surface area contributed by atoms with Crippen molar-refractivity contribution in [1.29, 1.82) is 0 Å². The van der Waals surface area contributed by atoms with Gasteiger partial charge >= 0.3 is 5.97 Å². The molecule has 0 saturated heterocycles. The van der Waals surface area contributed by atoms with Gasteiger partial charge in [-0.2, -0.15) is 0 Å². The zero-order chi connectivity index (χ0) is 20.9. The molecule has 0 spiro atoms. The van der Waals surface area contributed by atoms with Crippen molar-refractivity contribution in [2.75, 3.05) is 0 Å². The molecule has 4 rings (SSSR count). The van der Waals surface area contributed by atoms with Crippen molar-refractivity contribution in [3.8, 4) is 11.1 Å². The van der Waals surface area contributed by atoms with Gasteiger partial charge in [-0.3, -0.25) is 9.78 Å². The first kappa shape index (κ1) is 19.3. The molecule has 0 aliphatic carbocycles. The summed E-state index contributed by atoms with van der Waals surface area (Å²) in [5, 5.41) is 14.0. The molecule has 0 radical (unpaired) electrons. The van der Waals surface area contributed by atoms with E-state index in [1.165, 1.54) is 0 Å². The maximum absolute atomic E-state index is 12.6. The Kier molecular flexibility index (Phi) is 5.52. The second-order valence-electron chi connectivity index (χ2n) is 7.05. The van der Waals surface area contributed by atoms with Gasteiger partial charge in [-0.15, -0.1) is 0 Å². The van der Waals surface area contributed by atoms with Gasteiger partial charge < -0.3 is 10.4 Å². The average molecular weight is 396 g/mol. The first-order valence-electron chi connectivity index (χ1n) is 9.63. The van der Waals surface area contributed by atoms with Gasteiger partial charge in [0.05, 0.1) is 0 Å². The SMILES string of the molecule is O=C(NC(Cc1ccc(-c2ccccc2)cc1)C(=O)O)c1cc2ccccc2cn1. The summed E-state index contributed by atoms with van der Waals surface area (Å²) in [7, 11) is 0. The Hall–Kier alpha value is -3.99. The third-order valence-corrected chi connectivity index (χ3v) is 4.97. The van der Waals surface area contributed by atoms with Crippen molar-refractivity contribution in [3.05, 3.63) is 102 Å². The Bertz CT molecular complexity index is 1190. The molecule has 0 aliphatic rings. The smallest absolute Gasteiger partial charge is 0.326 e. The number of carbonyl (C=O) groups excluding carboxylic acids is 1. The van der Waals surface area contributed by atoms with Gasteiger partial charge in [-0.1, -0.05) is 78.9 Å². The predicted octanol–water partition coefficient (Wildman–Crippen LogP) is 4.33. The average Bonchev–Trinajstić information content (AvgIpc) is 2.79. The number of carboxylic acids is 1. The number of carboxylic acid groups (broad SMARTS) is 1.